The van der Waals surface area contributed by atoms with E-state index in [0.717, 1.165) is 11.1 Å². The molecule has 3 aromatic rings. The maximum absolute atomic E-state index is 5.67. The fourth-order valence-electron chi connectivity index (χ4n) is 1.59. The van der Waals surface area contributed by atoms with Crippen LogP contribution in [-0.2, 0) is 6.54 Å². The van der Waals surface area contributed by atoms with Crippen molar-refractivity contribution in [3.8, 4) is 0 Å². The summed E-state index contributed by atoms with van der Waals surface area (Å²) in [6.07, 6.45) is 3.59. The van der Waals surface area contributed by atoms with Gasteiger partial charge >= 0.3 is 0 Å². The van der Waals surface area contributed by atoms with Crippen LogP contribution in [0, 0.1) is 0 Å². The molecule has 0 aliphatic rings. The average Bonchev–Trinajstić information content (AvgIpc) is 2.86. The Morgan fingerprint density at radius 2 is 2.31 bits per heavy atom. The number of hydrogen-bond donors (Lipinski definition) is 1. The minimum atomic E-state index is 0.529. The summed E-state index contributed by atoms with van der Waals surface area (Å²) < 4.78 is 7.33. The van der Waals surface area contributed by atoms with Crippen LogP contribution in [0.3, 0.4) is 0 Å². The van der Waals surface area contributed by atoms with Crippen molar-refractivity contribution >= 4 is 16.8 Å². The Morgan fingerprint density at radius 3 is 3.12 bits per heavy atom. The number of fused-ring (bicyclic) bond motifs is 1. The first-order chi connectivity index (χ1) is 7.81. The molecule has 2 aromatic heterocycles. The number of nitrogens with two attached hydrogens (primary N) is 1. The van der Waals surface area contributed by atoms with Gasteiger partial charge in [-0.25, -0.2) is 4.98 Å². The number of nitrogens with zero attached hydrogens (tertiary/aromatic N) is 3. The van der Waals surface area contributed by atoms with Crippen LogP contribution in [0.25, 0.3) is 11.1 Å². The molecule has 0 aliphatic carbocycles. The molecule has 0 fully saturated rings. The molecular formula is C11H10N4O. The molecule has 0 amide bonds. The number of aromatic nitrogens is 3. The molecule has 0 saturated heterocycles. The van der Waals surface area contributed by atoms with Gasteiger partial charge < -0.3 is 10.2 Å². The Kier molecular flexibility index (Phi) is 1.89. The van der Waals surface area contributed by atoms with Gasteiger partial charge in [0.1, 0.15) is 12.1 Å². The molecule has 80 valence electrons. The predicted octanol–water partition coefficient (Wildman–Crippen LogP) is 1.65. The maximum atomic E-state index is 5.67. The molecule has 0 spiro atoms. The van der Waals surface area contributed by atoms with E-state index in [2.05, 4.69) is 10.1 Å². The molecule has 1 aromatic carbocycles. The van der Waals surface area contributed by atoms with Crippen LogP contribution in [0.15, 0.2) is 41.1 Å². The van der Waals surface area contributed by atoms with E-state index in [1.165, 1.54) is 0 Å². The lowest BCUT2D eigenvalue weighted by Crippen LogP contribution is -1.99. The minimum absolute atomic E-state index is 0.529. The first-order valence-corrected chi connectivity index (χ1v) is 4.94. The number of oxazole rings is 1. The molecule has 0 atom stereocenters. The van der Waals surface area contributed by atoms with Crippen LogP contribution in [0.4, 0.5) is 5.69 Å². The van der Waals surface area contributed by atoms with Crippen molar-refractivity contribution in [1.82, 2.24) is 14.8 Å². The van der Waals surface area contributed by atoms with Gasteiger partial charge in [0.25, 0.3) is 0 Å². The van der Waals surface area contributed by atoms with E-state index in [1.807, 2.05) is 18.3 Å². The lowest BCUT2D eigenvalue weighted by molar-refractivity contribution is 0.491. The monoisotopic (exact) mass is 214 g/mol. The van der Waals surface area contributed by atoms with Gasteiger partial charge in [-0.15, -0.1) is 0 Å². The minimum Gasteiger partial charge on any atom is -0.439 e. The van der Waals surface area contributed by atoms with E-state index in [4.69, 9.17) is 10.2 Å². The summed E-state index contributed by atoms with van der Waals surface area (Å²) in [4.78, 5) is 4.34. The zero-order valence-electron chi connectivity index (χ0n) is 8.50. The maximum Gasteiger partial charge on any atom is 0.217 e. The third-order valence-electron chi connectivity index (χ3n) is 2.31. The number of benzene rings is 1. The second-order valence-electron chi connectivity index (χ2n) is 3.54. The summed E-state index contributed by atoms with van der Waals surface area (Å²) in [5.41, 5.74) is 7.88. The molecule has 0 saturated carbocycles. The highest BCUT2D eigenvalue weighted by atomic mass is 16.3. The number of nitrogen functional groups attached to an aromatic ring is 1. The normalized spacial score (nSPS) is 11.0. The fourth-order valence-corrected chi connectivity index (χ4v) is 1.59. The zero-order chi connectivity index (χ0) is 11.0. The second-order valence-corrected chi connectivity index (χ2v) is 3.54. The fraction of sp³-hybridized carbons (Fsp3) is 0.0909. The summed E-state index contributed by atoms with van der Waals surface area (Å²) in [7, 11) is 0. The standard InChI is InChI=1S/C11H10N4O/c12-8-2-3-10-9(6-8)14-11(16-10)7-15-5-1-4-13-15/h1-6H,7,12H2. The van der Waals surface area contributed by atoms with Crippen LogP contribution in [-0.4, -0.2) is 14.8 Å². The largest absolute Gasteiger partial charge is 0.439 e. The van der Waals surface area contributed by atoms with E-state index in [1.54, 1.807) is 23.0 Å². The molecule has 0 bridgehead atoms. The molecule has 2 N–H and O–H groups in total. The molecule has 3 rings (SSSR count). The molecule has 2 heterocycles. The molecule has 0 radical (unpaired) electrons. The van der Waals surface area contributed by atoms with Gasteiger partial charge in [0, 0.05) is 18.1 Å². The highest BCUT2D eigenvalue weighted by Gasteiger charge is 2.06. The number of anilines is 1. The molecule has 0 unspecified atom stereocenters. The third kappa shape index (κ3) is 1.52. The van der Waals surface area contributed by atoms with Crippen LogP contribution in [0.1, 0.15) is 5.89 Å². The van der Waals surface area contributed by atoms with E-state index in [0.29, 0.717) is 18.1 Å². The van der Waals surface area contributed by atoms with E-state index in [-0.39, 0.29) is 0 Å². The summed E-state index contributed by atoms with van der Waals surface area (Å²) in [5.74, 6) is 0.629. The Balaban J connectivity index is 1.99. The summed E-state index contributed by atoms with van der Waals surface area (Å²) in [6, 6.07) is 7.28. The second kappa shape index (κ2) is 3.37. The first kappa shape index (κ1) is 8.96. The van der Waals surface area contributed by atoms with Crippen molar-refractivity contribution in [2.75, 3.05) is 5.73 Å². The van der Waals surface area contributed by atoms with Gasteiger partial charge in [-0.1, -0.05) is 0 Å². The van der Waals surface area contributed by atoms with Gasteiger partial charge in [0.15, 0.2) is 5.58 Å². The SMILES string of the molecule is Nc1ccc2oc(Cn3cccn3)nc2c1. The lowest BCUT2D eigenvalue weighted by atomic mass is 10.3. The van der Waals surface area contributed by atoms with E-state index in [9.17, 15) is 0 Å². The average molecular weight is 214 g/mol. The van der Waals surface area contributed by atoms with Crippen molar-refractivity contribution in [3.05, 3.63) is 42.5 Å². The highest BCUT2D eigenvalue weighted by molar-refractivity contribution is 5.76. The number of rotatable bonds is 2. The van der Waals surface area contributed by atoms with Gasteiger partial charge in [-0.05, 0) is 24.3 Å². The van der Waals surface area contributed by atoms with Gasteiger partial charge in [-0.2, -0.15) is 5.10 Å². The molecule has 5 nitrogen and oxygen atoms in total. The highest BCUT2D eigenvalue weighted by Crippen LogP contribution is 2.18. The van der Waals surface area contributed by atoms with Crippen LogP contribution >= 0.6 is 0 Å². The smallest absolute Gasteiger partial charge is 0.217 e. The Morgan fingerprint density at radius 1 is 1.38 bits per heavy atom. The molecule has 0 aliphatic heterocycles. The molecule has 5 heteroatoms. The van der Waals surface area contributed by atoms with Crippen molar-refractivity contribution in [2.45, 2.75) is 6.54 Å². The van der Waals surface area contributed by atoms with Gasteiger partial charge in [0.05, 0.1) is 0 Å². The topological polar surface area (TPSA) is 69.9 Å². The Labute approximate surface area is 91.5 Å². The van der Waals surface area contributed by atoms with Crippen molar-refractivity contribution < 1.29 is 4.42 Å². The van der Waals surface area contributed by atoms with E-state index >= 15 is 0 Å². The number of hydrogen-bond acceptors (Lipinski definition) is 4. The van der Waals surface area contributed by atoms with Crippen LogP contribution < -0.4 is 5.73 Å². The lowest BCUT2D eigenvalue weighted by Gasteiger charge is -1.94. The van der Waals surface area contributed by atoms with Crippen LogP contribution in [0.2, 0.25) is 0 Å². The van der Waals surface area contributed by atoms with Gasteiger partial charge in [-0.3, -0.25) is 4.68 Å². The summed E-state index contributed by atoms with van der Waals surface area (Å²) in [5, 5.41) is 4.09. The van der Waals surface area contributed by atoms with Gasteiger partial charge in [0.2, 0.25) is 5.89 Å². The summed E-state index contributed by atoms with van der Waals surface area (Å²) in [6.45, 7) is 0.529. The Bertz CT molecular complexity index is 612. The summed E-state index contributed by atoms with van der Waals surface area (Å²) >= 11 is 0. The quantitative estimate of drug-likeness (QED) is 0.658. The van der Waals surface area contributed by atoms with Crippen molar-refractivity contribution in [2.24, 2.45) is 0 Å². The zero-order valence-corrected chi connectivity index (χ0v) is 8.50. The third-order valence-corrected chi connectivity index (χ3v) is 2.31. The molecular weight excluding hydrogens is 204 g/mol. The Hall–Kier alpha value is -2.30. The van der Waals surface area contributed by atoms with Crippen molar-refractivity contribution in [1.29, 1.82) is 0 Å². The predicted molar refractivity (Wildman–Crippen MR) is 59.8 cm³/mol. The van der Waals surface area contributed by atoms with Crippen LogP contribution in [0.5, 0.6) is 0 Å². The van der Waals surface area contributed by atoms with E-state index < -0.39 is 0 Å². The molecule has 16 heavy (non-hydrogen) atoms. The van der Waals surface area contributed by atoms with Crippen molar-refractivity contribution in [3.63, 3.8) is 0 Å². The first-order valence-electron chi connectivity index (χ1n) is 4.94.